The average molecular weight is 282 g/mol. The van der Waals surface area contributed by atoms with Crippen molar-refractivity contribution in [3.05, 3.63) is 25.0 Å². The molecule has 1 N–H and O–H groups in total. The van der Waals surface area contributed by atoms with E-state index in [1.54, 1.807) is 0 Å². The van der Waals surface area contributed by atoms with Gasteiger partial charge in [0.05, 0.1) is 6.26 Å². The van der Waals surface area contributed by atoms with Gasteiger partial charge in [0.15, 0.2) is 0 Å². The third-order valence-corrected chi connectivity index (χ3v) is 2.96. The fourth-order valence-electron chi connectivity index (χ4n) is 1.90. The molecule has 0 aromatic rings. The quantitative estimate of drug-likeness (QED) is 0.238. The zero-order valence-electron chi connectivity index (χ0n) is 12.2. The van der Waals surface area contributed by atoms with Crippen molar-refractivity contribution >= 4 is 11.9 Å². The van der Waals surface area contributed by atoms with E-state index >= 15 is 0 Å². The van der Waals surface area contributed by atoms with E-state index in [0.29, 0.717) is 6.42 Å². The van der Waals surface area contributed by atoms with Gasteiger partial charge >= 0.3 is 11.9 Å². The number of carbonyl (C=O) groups is 2. The highest BCUT2D eigenvalue weighted by Gasteiger charge is 1.96. The predicted molar refractivity (Wildman–Crippen MR) is 79.2 cm³/mol. The maximum absolute atomic E-state index is 10.9. The zero-order valence-corrected chi connectivity index (χ0v) is 12.2. The minimum absolute atomic E-state index is 0.292. The molecule has 0 saturated heterocycles. The Balaban J connectivity index is 3.19. The summed E-state index contributed by atoms with van der Waals surface area (Å²) in [7, 11) is 0. The molecule has 0 heterocycles. The Morgan fingerprint density at radius 1 is 0.950 bits per heavy atom. The van der Waals surface area contributed by atoms with Crippen molar-refractivity contribution in [3.63, 3.8) is 0 Å². The van der Waals surface area contributed by atoms with Gasteiger partial charge in [-0.1, -0.05) is 51.2 Å². The van der Waals surface area contributed by atoms with Gasteiger partial charge < -0.3 is 9.84 Å². The van der Waals surface area contributed by atoms with E-state index < -0.39 is 5.97 Å². The SMILES string of the molecule is C=COC(=O)C=CCCCCCCCCCCC(=O)O. The highest BCUT2D eigenvalue weighted by atomic mass is 16.5. The Hall–Kier alpha value is -1.58. The van der Waals surface area contributed by atoms with Crippen molar-refractivity contribution in [1.82, 2.24) is 0 Å². The molecule has 0 radical (unpaired) electrons. The Kier molecular flexibility index (Phi) is 12.7. The van der Waals surface area contributed by atoms with Gasteiger partial charge in [0.25, 0.3) is 0 Å². The van der Waals surface area contributed by atoms with E-state index in [-0.39, 0.29) is 5.97 Å². The molecule has 114 valence electrons. The molecular weight excluding hydrogens is 256 g/mol. The number of esters is 1. The number of hydrogen-bond donors (Lipinski definition) is 1. The summed E-state index contributed by atoms with van der Waals surface area (Å²) in [5, 5.41) is 8.48. The lowest BCUT2D eigenvalue weighted by Crippen LogP contribution is -1.93. The van der Waals surface area contributed by atoms with Crippen LogP contribution in [0.1, 0.15) is 64.2 Å². The smallest absolute Gasteiger partial charge is 0.335 e. The molecule has 4 heteroatoms. The molecule has 0 rings (SSSR count). The summed E-state index contributed by atoms with van der Waals surface area (Å²) in [4.78, 5) is 21.2. The van der Waals surface area contributed by atoms with Gasteiger partial charge in [-0.15, -0.1) is 0 Å². The molecule has 0 aliphatic rings. The van der Waals surface area contributed by atoms with Crippen LogP contribution >= 0.6 is 0 Å². The van der Waals surface area contributed by atoms with Crippen molar-refractivity contribution in [2.75, 3.05) is 0 Å². The summed E-state index contributed by atoms with van der Waals surface area (Å²) >= 11 is 0. The zero-order chi connectivity index (χ0) is 15.1. The van der Waals surface area contributed by atoms with E-state index in [2.05, 4.69) is 11.3 Å². The molecule has 0 spiro atoms. The first-order chi connectivity index (χ1) is 9.66. The number of aliphatic carboxylic acids is 1. The number of allylic oxidation sites excluding steroid dienone is 1. The molecule has 0 amide bonds. The van der Waals surface area contributed by atoms with Crippen LogP contribution in [0.3, 0.4) is 0 Å². The van der Waals surface area contributed by atoms with E-state index in [9.17, 15) is 9.59 Å². The van der Waals surface area contributed by atoms with Gasteiger partial charge in [0, 0.05) is 12.5 Å². The van der Waals surface area contributed by atoms with Crippen LogP contribution < -0.4 is 0 Å². The number of carbonyl (C=O) groups excluding carboxylic acids is 1. The molecule has 4 nitrogen and oxygen atoms in total. The predicted octanol–water partition coefficient (Wildman–Crippen LogP) is 4.21. The first-order valence-corrected chi connectivity index (χ1v) is 7.36. The molecule has 0 unspecified atom stereocenters. The highest BCUT2D eigenvalue weighted by Crippen LogP contribution is 2.10. The highest BCUT2D eigenvalue weighted by molar-refractivity contribution is 5.82. The van der Waals surface area contributed by atoms with Crippen LogP contribution in [0, 0.1) is 0 Å². The molecule has 0 aliphatic heterocycles. The van der Waals surface area contributed by atoms with E-state index in [0.717, 1.165) is 44.8 Å². The second-order valence-electron chi connectivity index (χ2n) is 4.77. The third kappa shape index (κ3) is 14.5. The minimum Gasteiger partial charge on any atom is -0.481 e. The molecule has 20 heavy (non-hydrogen) atoms. The molecule has 0 aromatic carbocycles. The van der Waals surface area contributed by atoms with Crippen LogP contribution in [0.5, 0.6) is 0 Å². The van der Waals surface area contributed by atoms with Crippen molar-refractivity contribution in [3.8, 4) is 0 Å². The number of carboxylic acid groups (broad SMARTS) is 1. The maximum atomic E-state index is 10.9. The molecular formula is C16H26O4. The largest absolute Gasteiger partial charge is 0.481 e. The standard InChI is InChI=1S/C16H26O4/c1-2-20-16(19)14-12-10-8-6-4-3-5-7-9-11-13-15(17)18/h2,12,14H,1,3-11,13H2,(H,17,18). The van der Waals surface area contributed by atoms with Crippen LogP contribution in [0.2, 0.25) is 0 Å². The van der Waals surface area contributed by atoms with Crippen LogP contribution in [-0.2, 0) is 14.3 Å². The lowest BCUT2D eigenvalue weighted by atomic mass is 10.1. The number of hydrogen-bond acceptors (Lipinski definition) is 3. The van der Waals surface area contributed by atoms with Crippen LogP contribution in [0.25, 0.3) is 0 Å². The Bertz CT molecular complexity index is 308. The molecule has 0 fully saturated rings. The van der Waals surface area contributed by atoms with Gasteiger partial charge in [0.2, 0.25) is 0 Å². The number of ether oxygens (including phenoxy) is 1. The topological polar surface area (TPSA) is 63.6 Å². The average Bonchev–Trinajstić information content (AvgIpc) is 2.40. The summed E-state index contributed by atoms with van der Waals surface area (Å²) in [6, 6.07) is 0. The molecule has 0 bridgehead atoms. The van der Waals surface area contributed by atoms with Crippen LogP contribution in [-0.4, -0.2) is 17.0 Å². The Morgan fingerprint density at radius 2 is 1.50 bits per heavy atom. The van der Waals surface area contributed by atoms with Crippen molar-refractivity contribution in [1.29, 1.82) is 0 Å². The van der Waals surface area contributed by atoms with E-state index in [1.165, 1.54) is 25.3 Å². The van der Waals surface area contributed by atoms with Gasteiger partial charge in [0.1, 0.15) is 0 Å². The number of unbranched alkanes of at least 4 members (excludes halogenated alkanes) is 8. The molecule has 0 aliphatic carbocycles. The number of rotatable bonds is 13. The second-order valence-corrected chi connectivity index (χ2v) is 4.77. The number of carboxylic acids is 1. The first-order valence-electron chi connectivity index (χ1n) is 7.36. The lowest BCUT2D eigenvalue weighted by Gasteiger charge is -2.00. The Labute approximate surface area is 121 Å². The van der Waals surface area contributed by atoms with Crippen molar-refractivity contribution in [2.45, 2.75) is 64.2 Å². The van der Waals surface area contributed by atoms with Crippen LogP contribution in [0.4, 0.5) is 0 Å². The Morgan fingerprint density at radius 3 is 2.05 bits per heavy atom. The van der Waals surface area contributed by atoms with Gasteiger partial charge in [-0.3, -0.25) is 4.79 Å². The molecule has 0 atom stereocenters. The van der Waals surface area contributed by atoms with Crippen molar-refractivity contribution < 1.29 is 19.4 Å². The fraction of sp³-hybridized carbons (Fsp3) is 0.625. The van der Waals surface area contributed by atoms with E-state index in [1.807, 2.05) is 6.08 Å². The second kappa shape index (κ2) is 13.8. The van der Waals surface area contributed by atoms with Gasteiger partial charge in [-0.25, -0.2) is 4.79 Å². The van der Waals surface area contributed by atoms with Gasteiger partial charge in [-0.2, -0.15) is 0 Å². The fourth-order valence-corrected chi connectivity index (χ4v) is 1.90. The molecule has 0 saturated carbocycles. The maximum Gasteiger partial charge on any atom is 0.335 e. The lowest BCUT2D eigenvalue weighted by molar-refractivity contribution is -0.137. The normalized spacial score (nSPS) is 10.6. The third-order valence-electron chi connectivity index (χ3n) is 2.96. The van der Waals surface area contributed by atoms with Crippen molar-refractivity contribution in [2.24, 2.45) is 0 Å². The first kappa shape index (κ1) is 18.4. The summed E-state index contributed by atoms with van der Waals surface area (Å²) in [5.41, 5.74) is 0. The van der Waals surface area contributed by atoms with E-state index in [4.69, 9.17) is 5.11 Å². The van der Waals surface area contributed by atoms with Gasteiger partial charge in [-0.05, 0) is 19.3 Å². The summed E-state index contributed by atoms with van der Waals surface area (Å²) in [6.45, 7) is 3.31. The molecule has 0 aromatic heterocycles. The van der Waals surface area contributed by atoms with Crippen LogP contribution in [0.15, 0.2) is 25.0 Å². The minimum atomic E-state index is -0.699. The summed E-state index contributed by atoms with van der Waals surface area (Å²) < 4.78 is 4.55. The monoisotopic (exact) mass is 282 g/mol. The summed E-state index contributed by atoms with van der Waals surface area (Å²) in [5.74, 6) is -1.07. The summed E-state index contributed by atoms with van der Waals surface area (Å²) in [6.07, 6.45) is 14.3.